The summed E-state index contributed by atoms with van der Waals surface area (Å²) in [5.41, 5.74) is 3.85. The molecule has 0 atom stereocenters. The Kier molecular flexibility index (Phi) is 5.38. The van der Waals surface area contributed by atoms with Crippen LogP contribution in [0.1, 0.15) is 11.1 Å². The number of phenolic OH excluding ortho intramolecular Hbond substituents is 1. The molecule has 3 aromatic carbocycles. The van der Waals surface area contributed by atoms with Crippen LogP contribution >= 0.6 is 11.6 Å². The number of hydrazone groups is 1. The number of benzene rings is 3. The summed E-state index contributed by atoms with van der Waals surface area (Å²) in [7, 11) is 0. The first-order valence-corrected chi connectivity index (χ1v) is 8.45. The number of halogens is 1. The van der Waals surface area contributed by atoms with Gasteiger partial charge in [0.1, 0.15) is 5.75 Å². The summed E-state index contributed by atoms with van der Waals surface area (Å²) in [5.74, 6) is -1.80. The number of aryl methyl sites for hydroxylation is 1. The number of nitrogens with zero attached hydrogens (tertiary/aromatic N) is 1. The molecule has 0 saturated carbocycles. The van der Waals surface area contributed by atoms with Crippen molar-refractivity contribution in [2.24, 2.45) is 5.10 Å². The van der Waals surface area contributed by atoms with Crippen LogP contribution in [0.25, 0.3) is 10.8 Å². The van der Waals surface area contributed by atoms with Crippen molar-refractivity contribution < 1.29 is 14.7 Å². The summed E-state index contributed by atoms with van der Waals surface area (Å²) >= 11 is 5.99. The van der Waals surface area contributed by atoms with Gasteiger partial charge in [0.05, 0.1) is 6.21 Å². The van der Waals surface area contributed by atoms with E-state index in [2.05, 4.69) is 15.8 Å². The highest BCUT2D eigenvalue weighted by Gasteiger charge is 2.13. The van der Waals surface area contributed by atoms with E-state index >= 15 is 0 Å². The lowest BCUT2D eigenvalue weighted by Gasteiger charge is -2.06. The molecule has 0 saturated heterocycles. The Balaban J connectivity index is 1.69. The molecule has 6 nitrogen and oxygen atoms in total. The molecule has 0 aromatic heterocycles. The van der Waals surface area contributed by atoms with E-state index < -0.39 is 11.8 Å². The van der Waals surface area contributed by atoms with Crippen LogP contribution in [0.3, 0.4) is 0 Å². The van der Waals surface area contributed by atoms with Crippen molar-refractivity contribution >= 4 is 46.1 Å². The van der Waals surface area contributed by atoms with Crippen LogP contribution in [-0.2, 0) is 9.59 Å². The number of hydrogen-bond donors (Lipinski definition) is 3. The van der Waals surface area contributed by atoms with Crippen molar-refractivity contribution in [2.45, 2.75) is 6.92 Å². The Morgan fingerprint density at radius 3 is 2.63 bits per heavy atom. The van der Waals surface area contributed by atoms with Gasteiger partial charge in [0.25, 0.3) is 0 Å². The van der Waals surface area contributed by atoms with Gasteiger partial charge in [-0.2, -0.15) is 5.10 Å². The van der Waals surface area contributed by atoms with E-state index in [-0.39, 0.29) is 5.75 Å². The largest absolute Gasteiger partial charge is 0.507 e. The number of amides is 2. The summed E-state index contributed by atoms with van der Waals surface area (Å²) in [4.78, 5) is 23.8. The number of carbonyl (C=O) groups excluding carboxylic acids is 2. The number of nitrogens with one attached hydrogen (secondary N) is 2. The number of aromatic hydroxyl groups is 1. The van der Waals surface area contributed by atoms with E-state index in [1.165, 1.54) is 6.21 Å². The molecule has 0 aliphatic carbocycles. The normalized spacial score (nSPS) is 10.9. The van der Waals surface area contributed by atoms with Crippen molar-refractivity contribution in [1.29, 1.82) is 0 Å². The number of anilines is 1. The zero-order valence-corrected chi connectivity index (χ0v) is 15.1. The monoisotopic (exact) mass is 381 g/mol. The van der Waals surface area contributed by atoms with Crippen LogP contribution in [0.15, 0.2) is 59.7 Å². The van der Waals surface area contributed by atoms with Gasteiger partial charge in [-0.15, -0.1) is 0 Å². The summed E-state index contributed by atoms with van der Waals surface area (Å²) < 4.78 is 0. The van der Waals surface area contributed by atoms with Gasteiger partial charge in [-0.1, -0.05) is 48.0 Å². The summed E-state index contributed by atoms with van der Waals surface area (Å²) in [6, 6.07) is 15.7. The van der Waals surface area contributed by atoms with Gasteiger partial charge in [0.2, 0.25) is 0 Å². The number of hydrogen-bond acceptors (Lipinski definition) is 4. The molecule has 0 aliphatic heterocycles. The molecule has 0 bridgehead atoms. The second-order valence-corrected chi connectivity index (χ2v) is 6.24. The first-order chi connectivity index (χ1) is 13.0. The second kappa shape index (κ2) is 7.88. The van der Waals surface area contributed by atoms with Gasteiger partial charge in [-0.3, -0.25) is 9.59 Å². The third-order valence-electron chi connectivity index (χ3n) is 3.94. The van der Waals surface area contributed by atoms with Gasteiger partial charge in [0, 0.05) is 16.3 Å². The van der Waals surface area contributed by atoms with E-state index in [0.29, 0.717) is 16.3 Å². The summed E-state index contributed by atoms with van der Waals surface area (Å²) in [6.45, 7) is 1.83. The van der Waals surface area contributed by atoms with E-state index in [9.17, 15) is 14.7 Å². The minimum atomic E-state index is -0.942. The van der Waals surface area contributed by atoms with Crippen molar-refractivity contribution in [3.05, 3.63) is 70.7 Å². The predicted molar refractivity (Wildman–Crippen MR) is 106 cm³/mol. The number of rotatable bonds is 3. The van der Waals surface area contributed by atoms with Crippen LogP contribution < -0.4 is 10.7 Å². The van der Waals surface area contributed by atoms with Gasteiger partial charge in [0.15, 0.2) is 0 Å². The molecule has 3 rings (SSSR count). The summed E-state index contributed by atoms with van der Waals surface area (Å²) in [6.07, 6.45) is 1.30. The smallest absolute Gasteiger partial charge is 0.329 e. The van der Waals surface area contributed by atoms with E-state index in [1.807, 2.05) is 31.2 Å². The zero-order chi connectivity index (χ0) is 19.4. The van der Waals surface area contributed by atoms with Crippen molar-refractivity contribution in [1.82, 2.24) is 5.43 Å². The van der Waals surface area contributed by atoms with E-state index in [0.717, 1.165) is 16.3 Å². The van der Waals surface area contributed by atoms with Crippen molar-refractivity contribution in [2.75, 3.05) is 5.32 Å². The molecular formula is C20H16ClN3O3. The number of fused-ring (bicyclic) bond motifs is 1. The predicted octanol–water partition coefficient (Wildman–Crippen LogP) is 3.60. The third-order valence-corrected chi connectivity index (χ3v) is 4.35. The van der Waals surface area contributed by atoms with Crippen LogP contribution in [0.5, 0.6) is 5.75 Å². The van der Waals surface area contributed by atoms with Gasteiger partial charge in [-0.25, -0.2) is 5.43 Å². The zero-order valence-electron chi connectivity index (χ0n) is 14.4. The average molecular weight is 382 g/mol. The molecule has 0 aliphatic rings. The van der Waals surface area contributed by atoms with Crippen LogP contribution in [-0.4, -0.2) is 23.1 Å². The fraction of sp³-hybridized carbons (Fsp3) is 0.0500. The van der Waals surface area contributed by atoms with E-state index in [4.69, 9.17) is 11.6 Å². The molecule has 7 heteroatoms. The van der Waals surface area contributed by atoms with Gasteiger partial charge in [-0.05, 0) is 41.5 Å². The molecule has 136 valence electrons. The fourth-order valence-electron chi connectivity index (χ4n) is 2.48. The molecule has 0 unspecified atom stereocenters. The number of carbonyl (C=O) groups is 2. The molecule has 3 aromatic rings. The van der Waals surface area contributed by atoms with Crippen molar-refractivity contribution in [3.8, 4) is 5.75 Å². The maximum Gasteiger partial charge on any atom is 0.329 e. The maximum absolute atomic E-state index is 11.9. The van der Waals surface area contributed by atoms with Gasteiger partial charge < -0.3 is 10.4 Å². The second-order valence-electron chi connectivity index (χ2n) is 5.84. The maximum atomic E-state index is 11.9. The lowest BCUT2D eigenvalue weighted by molar-refractivity contribution is -0.136. The first-order valence-electron chi connectivity index (χ1n) is 8.07. The topological polar surface area (TPSA) is 90.8 Å². The quantitative estimate of drug-likeness (QED) is 0.368. The highest BCUT2D eigenvalue weighted by atomic mass is 35.5. The first kappa shape index (κ1) is 18.4. The Hall–Kier alpha value is -3.38. The highest BCUT2D eigenvalue weighted by Crippen LogP contribution is 2.25. The molecule has 27 heavy (non-hydrogen) atoms. The third kappa shape index (κ3) is 4.24. The molecule has 0 radical (unpaired) electrons. The molecule has 3 N–H and O–H groups in total. The molecule has 2 amide bonds. The lowest BCUT2D eigenvalue weighted by atomic mass is 10.0. The Morgan fingerprint density at radius 2 is 1.85 bits per heavy atom. The molecular weight excluding hydrogens is 366 g/mol. The molecule has 0 heterocycles. The Bertz CT molecular complexity index is 1060. The van der Waals surface area contributed by atoms with Gasteiger partial charge >= 0.3 is 11.8 Å². The van der Waals surface area contributed by atoms with Crippen molar-refractivity contribution in [3.63, 3.8) is 0 Å². The minimum absolute atomic E-state index is 0.0189. The Morgan fingerprint density at radius 1 is 1.07 bits per heavy atom. The fourth-order valence-corrected chi connectivity index (χ4v) is 2.67. The van der Waals surface area contributed by atoms with E-state index in [1.54, 1.807) is 30.3 Å². The minimum Gasteiger partial charge on any atom is -0.507 e. The van der Waals surface area contributed by atoms with Crippen LogP contribution in [0, 0.1) is 6.92 Å². The average Bonchev–Trinajstić information content (AvgIpc) is 2.66. The van der Waals surface area contributed by atoms with Crippen LogP contribution in [0.2, 0.25) is 5.02 Å². The van der Waals surface area contributed by atoms with Crippen LogP contribution in [0.4, 0.5) is 5.69 Å². The Labute approximate surface area is 160 Å². The SMILES string of the molecule is Cc1ccc(NC(=O)C(=O)N/N=C\c2c(O)ccc3ccccc23)cc1Cl. The lowest BCUT2D eigenvalue weighted by Crippen LogP contribution is -2.32. The highest BCUT2D eigenvalue weighted by molar-refractivity contribution is 6.40. The number of phenols is 1. The summed E-state index contributed by atoms with van der Waals surface area (Å²) in [5, 5.41) is 18.4. The standard InChI is InChI=1S/C20H16ClN3O3/c1-12-6-8-14(10-17(12)21)23-19(26)20(27)24-22-11-16-15-5-3-2-4-13(15)7-9-18(16)25/h2-11,25H,1H3,(H,23,26)(H,24,27)/b22-11-. The molecule has 0 fully saturated rings. The molecule has 0 spiro atoms.